The highest BCUT2D eigenvalue weighted by Crippen LogP contribution is 2.25. The second-order valence-electron chi connectivity index (χ2n) is 4.95. The third-order valence-corrected chi connectivity index (χ3v) is 3.32. The molecule has 0 aromatic heterocycles. The van der Waals surface area contributed by atoms with Crippen LogP contribution in [-0.2, 0) is 4.79 Å². The SMILES string of the molecule is CCC(C)N1C(CN)C(=O)NCC1(C)C. The van der Waals surface area contributed by atoms with Crippen molar-refractivity contribution in [2.24, 2.45) is 5.73 Å². The first kappa shape index (κ1) is 12.5. The van der Waals surface area contributed by atoms with Crippen LogP contribution in [0.5, 0.6) is 0 Å². The zero-order valence-corrected chi connectivity index (χ0v) is 10.2. The van der Waals surface area contributed by atoms with E-state index in [4.69, 9.17) is 5.73 Å². The molecule has 0 aromatic rings. The van der Waals surface area contributed by atoms with Gasteiger partial charge in [0.15, 0.2) is 0 Å². The lowest BCUT2D eigenvalue weighted by Crippen LogP contribution is -2.69. The Bertz CT molecular complexity index is 240. The molecule has 1 fully saturated rings. The Labute approximate surface area is 92.2 Å². The number of carbonyl (C=O) groups excluding carboxylic acids is 1. The normalized spacial score (nSPS) is 28.6. The van der Waals surface area contributed by atoms with Crippen LogP contribution in [-0.4, -0.2) is 41.5 Å². The van der Waals surface area contributed by atoms with E-state index < -0.39 is 0 Å². The van der Waals surface area contributed by atoms with Crippen LogP contribution < -0.4 is 11.1 Å². The van der Waals surface area contributed by atoms with E-state index >= 15 is 0 Å². The molecule has 1 aliphatic rings. The van der Waals surface area contributed by atoms with E-state index in [-0.39, 0.29) is 17.5 Å². The summed E-state index contributed by atoms with van der Waals surface area (Å²) >= 11 is 0. The minimum Gasteiger partial charge on any atom is -0.353 e. The molecule has 15 heavy (non-hydrogen) atoms. The molecular formula is C11H23N3O. The maximum atomic E-state index is 11.7. The first-order valence-electron chi connectivity index (χ1n) is 5.70. The predicted molar refractivity (Wildman–Crippen MR) is 61.5 cm³/mol. The summed E-state index contributed by atoms with van der Waals surface area (Å²) in [6.07, 6.45) is 1.03. The first-order chi connectivity index (χ1) is 6.94. The lowest BCUT2D eigenvalue weighted by atomic mass is 9.92. The Morgan fingerprint density at radius 1 is 1.67 bits per heavy atom. The van der Waals surface area contributed by atoms with Gasteiger partial charge in [0.1, 0.15) is 6.04 Å². The van der Waals surface area contributed by atoms with Gasteiger partial charge in [0.2, 0.25) is 5.91 Å². The van der Waals surface area contributed by atoms with Gasteiger partial charge in [0.05, 0.1) is 0 Å². The third-order valence-electron chi connectivity index (χ3n) is 3.32. The molecule has 4 heteroatoms. The second-order valence-corrected chi connectivity index (χ2v) is 4.95. The molecular weight excluding hydrogens is 190 g/mol. The van der Waals surface area contributed by atoms with E-state index in [1.165, 1.54) is 0 Å². The quantitative estimate of drug-likeness (QED) is 0.710. The zero-order valence-electron chi connectivity index (χ0n) is 10.2. The first-order valence-corrected chi connectivity index (χ1v) is 5.70. The van der Waals surface area contributed by atoms with Crippen LogP contribution in [0, 0.1) is 0 Å². The summed E-state index contributed by atoms with van der Waals surface area (Å²) in [4.78, 5) is 14.0. The summed E-state index contributed by atoms with van der Waals surface area (Å²) in [7, 11) is 0. The van der Waals surface area contributed by atoms with Gasteiger partial charge in [0.25, 0.3) is 0 Å². The lowest BCUT2D eigenvalue weighted by Gasteiger charge is -2.49. The standard InChI is InChI=1S/C11H23N3O/c1-5-8(2)14-9(6-12)10(15)13-7-11(14,3)4/h8-9H,5-7,12H2,1-4H3,(H,13,15). The van der Waals surface area contributed by atoms with Crippen molar-refractivity contribution < 1.29 is 4.79 Å². The molecule has 1 amide bonds. The van der Waals surface area contributed by atoms with Gasteiger partial charge in [-0.05, 0) is 27.2 Å². The number of rotatable bonds is 3. The molecule has 88 valence electrons. The molecule has 0 radical (unpaired) electrons. The summed E-state index contributed by atoms with van der Waals surface area (Å²) in [6, 6.07) is 0.211. The molecule has 1 aliphatic heterocycles. The van der Waals surface area contributed by atoms with Gasteiger partial charge >= 0.3 is 0 Å². The van der Waals surface area contributed by atoms with Gasteiger partial charge in [-0.15, -0.1) is 0 Å². The summed E-state index contributed by atoms with van der Waals surface area (Å²) in [5.74, 6) is 0.0668. The summed E-state index contributed by atoms with van der Waals surface area (Å²) < 4.78 is 0. The molecule has 3 N–H and O–H groups in total. The fraction of sp³-hybridized carbons (Fsp3) is 0.909. The van der Waals surface area contributed by atoms with Gasteiger partial charge in [-0.2, -0.15) is 0 Å². The Morgan fingerprint density at radius 2 is 2.27 bits per heavy atom. The third kappa shape index (κ3) is 2.32. The van der Waals surface area contributed by atoms with Crippen LogP contribution in [0.25, 0.3) is 0 Å². The monoisotopic (exact) mass is 213 g/mol. The summed E-state index contributed by atoms with van der Waals surface area (Å²) in [6.45, 7) is 9.69. The van der Waals surface area contributed by atoms with Crippen molar-refractivity contribution in [3.8, 4) is 0 Å². The average molecular weight is 213 g/mol. The number of amides is 1. The molecule has 2 atom stereocenters. The fourth-order valence-corrected chi connectivity index (χ4v) is 2.38. The van der Waals surface area contributed by atoms with Gasteiger partial charge < -0.3 is 11.1 Å². The molecule has 2 unspecified atom stereocenters. The van der Waals surface area contributed by atoms with E-state index in [1.807, 2.05) is 0 Å². The van der Waals surface area contributed by atoms with E-state index in [9.17, 15) is 4.79 Å². The molecule has 4 nitrogen and oxygen atoms in total. The van der Waals surface area contributed by atoms with Gasteiger partial charge in [-0.3, -0.25) is 9.69 Å². The van der Waals surface area contributed by atoms with Crippen molar-refractivity contribution in [1.29, 1.82) is 0 Å². The number of nitrogens with two attached hydrogens (primary N) is 1. The Balaban J connectivity index is 2.94. The van der Waals surface area contributed by atoms with E-state index in [1.54, 1.807) is 0 Å². The van der Waals surface area contributed by atoms with E-state index in [0.717, 1.165) is 6.42 Å². The smallest absolute Gasteiger partial charge is 0.238 e. The maximum absolute atomic E-state index is 11.7. The molecule has 0 aliphatic carbocycles. The van der Waals surface area contributed by atoms with Crippen molar-refractivity contribution in [2.45, 2.75) is 51.7 Å². The van der Waals surface area contributed by atoms with Crippen LogP contribution >= 0.6 is 0 Å². The highest BCUT2D eigenvalue weighted by Gasteiger charge is 2.42. The predicted octanol–water partition coefficient (Wildman–Crippen LogP) is 0.323. The number of nitrogens with zero attached hydrogens (tertiary/aromatic N) is 1. The Morgan fingerprint density at radius 3 is 2.73 bits per heavy atom. The van der Waals surface area contributed by atoms with Crippen LogP contribution in [0.2, 0.25) is 0 Å². The van der Waals surface area contributed by atoms with Gasteiger partial charge in [0, 0.05) is 24.7 Å². The second kappa shape index (κ2) is 4.49. The average Bonchev–Trinajstić information content (AvgIpc) is 2.20. The van der Waals surface area contributed by atoms with Gasteiger partial charge in [-0.25, -0.2) is 0 Å². The zero-order chi connectivity index (χ0) is 11.6. The van der Waals surface area contributed by atoms with Crippen molar-refractivity contribution in [1.82, 2.24) is 10.2 Å². The number of carbonyl (C=O) groups is 1. The fourth-order valence-electron chi connectivity index (χ4n) is 2.38. The molecule has 0 bridgehead atoms. The molecule has 1 saturated heterocycles. The number of hydrogen-bond acceptors (Lipinski definition) is 3. The van der Waals surface area contributed by atoms with Crippen LogP contribution in [0.4, 0.5) is 0 Å². The van der Waals surface area contributed by atoms with Crippen molar-refractivity contribution in [3.63, 3.8) is 0 Å². The van der Waals surface area contributed by atoms with Crippen molar-refractivity contribution in [3.05, 3.63) is 0 Å². The van der Waals surface area contributed by atoms with Crippen LogP contribution in [0.15, 0.2) is 0 Å². The molecule has 0 spiro atoms. The lowest BCUT2D eigenvalue weighted by molar-refractivity contribution is -0.136. The molecule has 1 rings (SSSR count). The number of hydrogen-bond donors (Lipinski definition) is 2. The number of nitrogens with one attached hydrogen (secondary N) is 1. The summed E-state index contributed by atoms with van der Waals surface area (Å²) in [5, 5.41) is 2.92. The minimum absolute atomic E-state index is 0.00657. The topological polar surface area (TPSA) is 58.4 Å². The van der Waals surface area contributed by atoms with Crippen molar-refractivity contribution >= 4 is 5.91 Å². The van der Waals surface area contributed by atoms with Crippen LogP contribution in [0.1, 0.15) is 34.1 Å². The molecule has 0 saturated carbocycles. The number of piperazine rings is 1. The van der Waals surface area contributed by atoms with Crippen molar-refractivity contribution in [2.75, 3.05) is 13.1 Å². The summed E-state index contributed by atoms with van der Waals surface area (Å²) in [5.41, 5.74) is 5.69. The largest absolute Gasteiger partial charge is 0.353 e. The van der Waals surface area contributed by atoms with E-state index in [2.05, 4.69) is 37.9 Å². The van der Waals surface area contributed by atoms with Gasteiger partial charge in [-0.1, -0.05) is 6.92 Å². The molecule has 1 heterocycles. The maximum Gasteiger partial charge on any atom is 0.238 e. The highest BCUT2D eigenvalue weighted by molar-refractivity contribution is 5.83. The Hall–Kier alpha value is -0.610. The molecule has 0 aromatic carbocycles. The Kier molecular flexibility index (Phi) is 3.73. The minimum atomic E-state index is -0.177. The van der Waals surface area contributed by atoms with Crippen LogP contribution in [0.3, 0.4) is 0 Å². The van der Waals surface area contributed by atoms with E-state index in [0.29, 0.717) is 19.1 Å². The highest BCUT2D eigenvalue weighted by atomic mass is 16.2.